The van der Waals surface area contributed by atoms with Gasteiger partial charge in [-0.05, 0) is 44.0 Å². The molecule has 0 saturated carbocycles. The van der Waals surface area contributed by atoms with E-state index < -0.39 is 10.0 Å². The number of hydrogen-bond acceptors (Lipinski definition) is 5. The number of nitrogens with zero attached hydrogens (tertiary/aromatic N) is 2. The minimum absolute atomic E-state index is 0.0484. The first kappa shape index (κ1) is 16.8. The van der Waals surface area contributed by atoms with Crippen molar-refractivity contribution in [2.24, 2.45) is 0 Å². The first-order valence-corrected chi connectivity index (χ1v) is 8.98. The van der Waals surface area contributed by atoms with Gasteiger partial charge >= 0.3 is 0 Å². The van der Waals surface area contributed by atoms with Gasteiger partial charge in [0.25, 0.3) is 10.0 Å². The van der Waals surface area contributed by atoms with Crippen LogP contribution in [0, 0.1) is 0 Å². The van der Waals surface area contributed by atoms with Crippen LogP contribution in [-0.4, -0.2) is 18.4 Å². The fourth-order valence-electron chi connectivity index (χ4n) is 1.45. The molecule has 6 nitrogen and oxygen atoms in total. The molecule has 0 saturated heterocycles. The van der Waals surface area contributed by atoms with Crippen molar-refractivity contribution in [3.8, 4) is 0 Å². The molecule has 0 unspecified atom stereocenters. The molecule has 1 heterocycles. The fourth-order valence-corrected chi connectivity index (χ4v) is 5.67. The molecule has 0 atom stereocenters. The molecule has 0 bridgehead atoms. The summed E-state index contributed by atoms with van der Waals surface area (Å²) in [6, 6.07) is 2.92. The number of nitrogens with two attached hydrogens (primary N) is 1. The molecule has 0 aliphatic rings. The van der Waals surface area contributed by atoms with E-state index in [4.69, 9.17) is 28.9 Å². The number of hydrogen-bond donors (Lipinski definition) is 2. The molecule has 11 heteroatoms. The Balaban J connectivity index is 2.54. The van der Waals surface area contributed by atoms with Crippen molar-refractivity contribution in [2.45, 2.75) is 4.90 Å². The summed E-state index contributed by atoms with van der Waals surface area (Å²) in [7, 11) is -3.98. The molecular weight excluding hydrogens is 471 g/mol. The van der Waals surface area contributed by atoms with Crippen LogP contribution in [0.4, 0.5) is 11.4 Å². The third-order valence-electron chi connectivity index (χ3n) is 2.28. The van der Waals surface area contributed by atoms with Crippen LogP contribution in [0.15, 0.2) is 32.3 Å². The molecule has 2 rings (SSSR count). The maximum atomic E-state index is 12.5. The van der Waals surface area contributed by atoms with Crippen LogP contribution in [0.1, 0.15) is 0 Å². The summed E-state index contributed by atoms with van der Waals surface area (Å²) in [4.78, 5) is 7.30. The van der Waals surface area contributed by atoms with E-state index in [1.807, 2.05) is 0 Å². The largest absolute Gasteiger partial charge is 0.399 e. The lowest BCUT2D eigenvalue weighted by atomic mass is 10.3. The molecule has 2 aromatic rings. The second kappa shape index (κ2) is 6.25. The average Bonchev–Trinajstić information content (AvgIpc) is 2.32. The molecule has 0 fully saturated rings. The summed E-state index contributed by atoms with van der Waals surface area (Å²) < 4.78 is 27.8. The number of sulfonamides is 1. The Kier molecular flexibility index (Phi) is 4.99. The van der Waals surface area contributed by atoms with Crippen molar-refractivity contribution in [1.29, 1.82) is 0 Å². The van der Waals surface area contributed by atoms with Crippen LogP contribution in [0.2, 0.25) is 10.3 Å². The van der Waals surface area contributed by atoms with E-state index in [0.29, 0.717) is 5.69 Å². The monoisotopic (exact) mass is 474 g/mol. The van der Waals surface area contributed by atoms with Gasteiger partial charge < -0.3 is 5.73 Å². The van der Waals surface area contributed by atoms with Gasteiger partial charge in [0.05, 0.1) is 0 Å². The molecule has 0 aliphatic carbocycles. The molecule has 0 radical (unpaired) electrons. The number of benzene rings is 1. The van der Waals surface area contributed by atoms with Crippen molar-refractivity contribution in [1.82, 2.24) is 9.97 Å². The van der Waals surface area contributed by atoms with Gasteiger partial charge in [-0.3, -0.25) is 4.72 Å². The number of halogens is 4. The van der Waals surface area contributed by atoms with Gasteiger partial charge in [-0.2, -0.15) is 0 Å². The highest BCUT2D eigenvalue weighted by atomic mass is 79.9. The summed E-state index contributed by atoms with van der Waals surface area (Å²) >= 11 is 18.0. The molecule has 1 aromatic carbocycles. The molecule has 3 N–H and O–H groups in total. The van der Waals surface area contributed by atoms with Gasteiger partial charge in [0.1, 0.15) is 16.9 Å². The second-order valence-corrected chi connectivity index (χ2v) is 7.79. The smallest absolute Gasteiger partial charge is 0.264 e. The van der Waals surface area contributed by atoms with Gasteiger partial charge in [-0.15, -0.1) is 0 Å². The molecule has 0 aliphatic heterocycles. The van der Waals surface area contributed by atoms with E-state index in [0.717, 1.165) is 6.33 Å². The second-order valence-electron chi connectivity index (χ2n) is 3.75. The molecular formula is C10H6Br2Cl2N4O2S. The highest BCUT2D eigenvalue weighted by Crippen LogP contribution is 2.35. The molecule has 21 heavy (non-hydrogen) atoms. The van der Waals surface area contributed by atoms with E-state index in [-0.39, 0.29) is 29.8 Å². The Labute approximate surface area is 147 Å². The third-order valence-corrected chi connectivity index (χ3v) is 6.08. The first-order valence-electron chi connectivity index (χ1n) is 5.15. The average molecular weight is 477 g/mol. The Hall–Kier alpha value is -0.610. The van der Waals surface area contributed by atoms with Crippen LogP contribution in [0.5, 0.6) is 0 Å². The van der Waals surface area contributed by atoms with Crippen LogP contribution in [0.25, 0.3) is 0 Å². The van der Waals surface area contributed by atoms with Crippen molar-refractivity contribution in [3.05, 3.63) is 37.7 Å². The third kappa shape index (κ3) is 3.59. The number of rotatable bonds is 3. The van der Waals surface area contributed by atoms with Crippen LogP contribution in [0.3, 0.4) is 0 Å². The molecule has 112 valence electrons. The topological polar surface area (TPSA) is 98.0 Å². The van der Waals surface area contributed by atoms with Crippen LogP contribution >= 0.6 is 55.1 Å². The summed E-state index contributed by atoms with van der Waals surface area (Å²) in [5.41, 5.74) is 5.93. The van der Waals surface area contributed by atoms with Crippen molar-refractivity contribution in [3.63, 3.8) is 0 Å². The lowest BCUT2D eigenvalue weighted by molar-refractivity contribution is 0.600. The van der Waals surface area contributed by atoms with E-state index in [1.54, 1.807) is 0 Å². The van der Waals surface area contributed by atoms with Gasteiger partial charge in [0.15, 0.2) is 10.3 Å². The van der Waals surface area contributed by atoms with Gasteiger partial charge in [-0.25, -0.2) is 18.4 Å². The van der Waals surface area contributed by atoms with Crippen molar-refractivity contribution < 1.29 is 8.42 Å². The van der Waals surface area contributed by atoms with Gasteiger partial charge in [-0.1, -0.05) is 23.2 Å². The quantitative estimate of drug-likeness (QED) is 0.520. The standard InChI is InChI=1S/C10H6Br2Cl2N4O2S/c11-5-1-4(15)2-6(12)8(5)21(19,20)18-7-9(13)16-3-17-10(7)14/h1-3,18H,15H2. The molecule has 0 amide bonds. The van der Waals surface area contributed by atoms with Crippen molar-refractivity contribution >= 4 is 76.5 Å². The Bertz CT molecular complexity index is 773. The minimum Gasteiger partial charge on any atom is -0.399 e. The first-order chi connectivity index (χ1) is 9.72. The number of anilines is 2. The van der Waals surface area contributed by atoms with Gasteiger partial charge in [0, 0.05) is 14.6 Å². The summed E-state index contributed by atoms with van der Waals surface area (Å²) in [6.07, 6.45) is 1.12. The highest BCUT2D eigenvalue weighted by Gasteiger charge is 2.24. The van der Waals surface area contributed by atoms with E-state index in [2.05, 4.69) is 46.5 Å². The van der Waals surface area contributed by atoms with E-state index in [9.17, 15) is 8.42 Å². The number of nitrogen functional groups attached to an aromatic ring is 1. The zero-order valence-corrected chi connectivity index (χ0v) is 15.4. The Morgan fingerprint density at radius 3 is 2.05 bits per heavy atom. The molecule has 1 aromatic heterocycles. The summed E-state index contributed by atoms with van der Waals surface area (Å²) in [5, 5.41) is -0.220. The fraction of sp³-hybridized carbons (Fsp3) is 0. The number of nitrogens with one attached hydrogen (secondary N) is 1. The van der Waals surface area contributed by atoms with Crippen LogP contribution < -0.4 is 10.5 Å². The normalized spacial score (nSPS) is 11.4. The van der Waals surface area contributed by atoms with Gasteiger partial charge in [0.2, 0.25) is 0 Å². The van der Waals surface area contributed by atoms with Crippen LogP contribution in [-0.2, 0) is 10.0 Å². The maximum Gasteiger partial charge on any atom is 0.264 e. The van der Waals surface area contributed by atoms with E-state index >= 15 is 0 Å². The maximum absolute atomic E-state index is 12.5. The van der Waals surface area contributed by atoms with Crippen molar-refractivity contribution in [2.75, 3.05) is 10.5 Å². The Morgan fingerprint density at radius 1 is 1.10 bits per heavy atom. The zero-order valence-electron chi connectivity index (χ0n) is 9.94. The minimum atomic E-state index is -3.98. The zero-order chi connectivity index (χ0) is 15.8. The highest BCUT2D eigenvalue weighted by molar-refractivity contribution is 9.11. The Morgan fingerprint density at radius 2 is 1.57 bits per heavy atom. The number of aromatic nitrogens is 2. The SMILES string of the molecule is Nc1cc(Br)c(S(=O)(=O)Nc2c(Cl)ncnc2Cl)c(Br)c1. The lowest BCUT2D eigenvalue weighted by Gasteiger charge is -2.13. The molecule has 0 spiro atoms. The van der Waals surface area contributed by atoms with E-state index in [1.165, 1.54) is 12.1 Å². The predicted molar refractivity (Wildman–Crippen MR) is 89.1 cm³/mol. The lowest BCUT2D eigenvalue weighted by Crippen LogP contribution is -2.15. The summed E-state index contributed by atoms with van der Waals surface area (Å²) in [5.74, 6) is 0. The summed E-state index contributed by atoms with van der Waals surface area (Å²) in [6.45, 7) is 0. The predicted octanol–water partition coefficient (Wildman–Crippen LogP) is 3.69.